The smallest absolute Gasteiger partial charge is 0.0574 e. The van der Waals surface area contributed by atoms with Gasteiger partial charge in [0, 0.05) is 0 Å². The van der Waals surface area contributed by atoms with Crippen molar-refractivity contribution < 1.29 is 5.11 Å². The van der Waals surface area contributed by atoms with E-state index in [4.69, 9.17) is 0 Å². The first kappa shape index (κ1) is 12.0. The molecule has 0 amide bonds. The molecule has 82 valence electrons. The molecule has 1 aromatic carbocycles. The van der Waals surface area contributed by atoms with Gasteiger partial charge in [0.2, 0.25) is 0 Å². The van der Waals surface area contributed by atoms with Crippen LogP contribution < -0.4 is 0 Å². The van der Waals surface area contributed by atoms with Gasteiger partial charge in [-0.3, -0.25) is 0 Å². The predicted octanol–water partition coefficient (Wildman–Crippen LogP) is 3.64. The Bertz CT molecular complexity index is 277. The minimum atomic E-state index is -0.176. The van der Waals surface area contributed by atoms with E-state index in [0.29, 0.717) is 0 Å². The van der Waals surface area contributed by atoms with Crippen molar-refractivity contribution in [2.75, 3.05) is 0 Å². The number of aliphatic hydroxyl groups is 1. The van der Waals surface area contributed by atoms with E-state index >= 15 is 0 Å². The van der Waals surface area contributed by atoms with Crippen molar-refractivity contribution in [1.29, 1.82) is 0 Å². The normalized spacial score (nSPS) is 13.2. The Balaban J connectivity index is 2.27. The second kappa shape index (κ2) is 7.24. The minimum Gasteiger partial charge on any atom is -0.393 e. The molecule has 0 saturated heterocycles. The molecule has 0 spiro atoms. The van der Waals surface area contributed by atoms with Crippen molar-refractivity contribution in [2.45, 2.75) is 38.7 Å². The van der Waals surface area contributed by atoms with Crippen LogP contribution in [-0.2, 0) is 0 Å². The van der Waals surface area contributed by atoms with Gasteiger partial charge >= 0.3 is 0 Å². The van der Waals surface area contributed by atoms with Gasteiger partial charge in [-0.15, -0.1) is 0 Å². The first-order valence-electron chi connectivity index (χ1n) is 5.72. The Morgan fingerprint density at radius 3 is 2.67 bits per heavy atom. The molecule has 15 heavy (non-hydrogen) atoms. The molecule has 0 radical (unpaired) electrons. The maximum Gasteiger partial charge on any atom is 0.0574 e. The summed E-state index contributed by atoms with van der Waals surface area (Å²) in [6.07, 6.45) is 7.87. The van der Waals surface area contributed by atoms with Crippen LogP contribution >= 0.6 is 0 Å². The zero-order valence-electron chi connectivity index (χ0n) is 9.39. The molecular weight excluding hydrogens is 184 g/mol. The maximum absolute atomic E-state index is 9.61. The van der Waals surface area contributed by atoms with Crippen molar-refractivity contribution in [1.82, 2.24) is 0 Å². The van der Waals surface area contributed by atoms with Gasteiger partial charge in [0.25, 0.3) is 0 Å². The molecule has 1 atom stereocenters. The Morgan fingerprint density at radius 2 is 2.00 bits per heavy atom. The third kappa shape index (κ3) is 5.38. The first-order valence-corrected chi connectivity index (χ1v) is 5.72. The van der Waals surface area contributed by atoms with E-state index in [1.54, 1.807) is 0 Å². The summed E-state index contributed by atoms with van der Waals surface area (Å²) in [4.78, 5) is 0. The molecule has 0 bridgehead atoms. The third-order valence-electron chi connectivity index (χ3n) is 2.41. The summed E-state index contributed by atoms with van der Waals surface area (Å²) < 4.78 is 0. The van der Waals surface area contributed by atoms with E-state index in [2.05, 4.69) is 31.2 Å². The largest absolute Gasteiger partial charge is 0.393 e. The number of hydrogen-bond donors (Lipinski definition) is 1. The average molecular weight is 204 g/mol. The van der Waals surface area contributed by atoms with Gasteiger partial charge < -0.3 is 5.11 Å². The molecule has 0 heterocycles. The van der Waals surface area contributed by atoms with Gasteiger partial charge in [0.1, 0.15) is 0 Å². The van der Waals surface area contributed by atoms with Crippen LogP contribution in [0.25, 0.3) is 6.08 Å². The zero-order valence-corrected chi connectivity index (χ0v) is 9.39. The van der Waals surface area contributed by atoms with Crippen LogP contribution in [0.3, 0.4) is 0 Å². The molecule has 1 heteroatoms. The summed E-state index contributed by atoms with van der Waals surface area (Å²) in [5.74, 6) is 0. The highest BCUT2D eigenvalue weighted by Gasteiger charge is 1.99. The topological polar surface area (TPSA) is 20.2 Å². The number of rotatable bonds is 6. The third-order valence-corrected chi connectivity index (χ3v) is 2.41. The van der Waals surface area contributed by atoms with E-state index < -0.39 is 0 Å². The van der Waals surface area contributed by atoms with Crippen LogP contribution in [0.2, 0.25) is 0 Å². The van der Waals surface area contributed by atoms with Crippen LogP contribution in [0.5, 0.6) is 0 Å². The lowest BCUT2D eigenvalue weighted by atomic mass is 10.1. The molecule has 0 aliphatic rings. The van der Waals surface area contributed by atoms with Gasteiger partial charge in [-0.2, -0.15) is 0 Å². The Morgan fingerprint density at radius 1 is 1.27 bits per heavy atom. The lowest BCUT2D eigenvalue weighted by Gasteiger charge is -2.05. The highest BCUT2D eigenvalue weighted by molar-refractivity contribution is 5.48. The minimum absolute atomic E-state index is 0.176. The average Bonchev–Trinajstić information content (AvgIpc) is 2.28. The Labute approximate surface area is 92.5 Å². The molecule has 0 saturated carbocycles. The van der Waals surface area contributed by atoms with Crippen LogP contribution in [0.15, 0.2) is 36.4 Å². The quantitative estimate of drug-likeness (QED) is 0.750. The second-order valence-electron chi connectivity index (χ2n) is 3.84. The molecule has 1 unspecified atom stereocenters. The van der Waals surface area contributed by atoms with Crippen molar-refractivity contribution in [3.63, 3.8) is 0 Å². The predicted molar refractivity (Wildman–Crippen MR) is 65.6 cm³/mol. The van der Waals surface area contributed by atoms with E-state index in [1.807, 2.05) is 18.2 Å². The van der Waals surface area contributed by atoms with Crippen molar-refractivity contribution >= 4 is 6.08 Å². The van der Waals surface area contributed by atoms with Crippen molar-refractivity contribution in [2.24, 2.45) is 0 Å². The zero-order chi connectivity index (χ0) is 10.9. The van der Waals surface area contributed by atoms with Gasteiger partial charge in [-0.05, 0) is 18.4 Å². The van der Waals surface area contributed by atoms with E-state index in [-0.39, 0.29) is 6.10 Å². The number of unbranched alkanes of at least 4 members (excludes halogenated alkanes) is 1. The van der Waals surface area contributed by atoms with Gasteiger partial charge in [-0.1, -0.05) is 62.2 Å². The SMILES string of the molecule is CCCCC(O)C/C=C\c1ccccc1. The summed E-state index contributed by atoms with van der Waals surface area (Å²) in [5.41, 5.74) is 1.19. The number of hydrogen-bond acceptors (Lipinski definition) is 1. The van der Waals surface area contributed by atoms with E-state index in [0.717, 1.165) is 25.7 Å². The molecule has 1 rings (SSSR count). The first-order chi connectivity index (χ1) is 7.33. The Kier molecular flexibility index (Phi) is 5.79. The van der Waals surface area contributed by atoms with Crippen LogP contribution in [0, 0.1) is 0 Å². The molecule has 0 aliphatic heterocycles. The summed E-state index contributed by atoms with van der Waals surface area (Å²) in [6, 6.07) is 10.2. The lowest BCUT2D eigenvalue weighted by molar-refractivity contribution is 0.165. The monoisotopic (exact) mass is 204 g/mol. The molecule has 1 nitrogen and oxygen atoms in total. The van der Waals surface area contributed by atoms with Gasteiger partial charge in [0.05, 0.1) is 6.10 Å². The summed E-state index contributed by atoms with van der Waals surface area (Å²) in [7, 11) is 0. The van der Waals surface area contributed by atoms with E-state index in [1.165, 1.54) is 5.56 Å². The highest BCUT2D eigenvalue weighted by Crippen LogP contribution is 2.07. The van der Waals surface area contributed by atoms with Crippen molar-refractivity contribution in [3.05, 3.63) is 42.0 Å². The molecule has 1 aromatic rings. The molecule has 0 fully saturated rings. The summed E-state index contributed by atoms with van der Waals surface area (Å²) in [5, 5.41) is 9.61. The number of benzene rings is 1. The highest BCUT2D eigenvalue weighted by atomic mass is 16.3. The van der Waals surface area contributed by atoms with Crippen LogP contribution in [-0.4, -0.2) is 11.2 Å². The maximum atomic E-state index is 9.61. The fourth-order valence-electron chi connectivity index (χ4n) is 1.48. The molecular formula is C14H20O. The summed E-state index contributed by atoms with van der Waals surface area (Å²) >= 11 is 0. The fourth-order valence-corrected chi connectivity index (χ4v) is 1.48. The molecule has 1 N–H and O–H groups in total. The van der Waals surface area contributed by atoms with Crippen molar-refractivity contribution in [3.8, 4) is 0 Å². The van der Waals surface area contributed by atoms with E-state index in [9.17, 15) is 5.11 Å². The van der Waals surface area contributed by atoms with Gasteiger partial charge in [-0.25, -0.2) is 0 Å². The standard InChI is InChI=1S/C14H20O/c1-2-3-11-14(15)12-7-10-13-8-5-4-6-9-13/h4-10,14-15H,2-3,11-12H2,1H3/b10-7-. The van der Waals surface area contributed by atoms with Crippen LogP contribution in [0.1, 0.15) is 38.2 Å². The fraction of sp³-hybridized carbons (Fsp3) is 0.429. The van der Waals surface area contributed by atoms with Gasteiger partial charge in [0.15, 0.2) is 0 Å². The lowest BCUT2D eigenvalue weighted by Crippen LogP contribution is -2.03. The molecule has 0 aliphatic carbocycles. The van der Waals surface area contributed by atoms with Crippen LogP contribution in [0.4, 0.5) is 0 Å². The Hall–Kier alpha value is -1.08. The second-order valence-corrected chi connectivity index (χ2v) is 3.84. The number of aliphatic hydroxyl groups excluding tert-OH is 1. The summed E-state index contributed by atoms with van der Waals surface area (Å²) in [6.45, 7) is 2.15. The molecule has 0 aromatic heterocycles.